The number of hydrogen-bond acceptors (Lipinski definition) is 4. The molecule has 1 N–H and O–H groups in total. The molecule has 1 heterocycles. The van der Waals surface area contributed by atoms with E-state index in [0.717, 1.165) is 5.56 Å². The highest BCUT2D eigenvalue weighted by Crippen LogP contribution is 2.22. The first kappa shape index (κ1) is 16.7. The maximum atomic E-state index is 12.4. The van der Waals surface area contributed by atoms with Gasteiger partial charge in [-0.15, -0.1) is 0 Å². The average molecular weight is 356 g/mol. The van der Waals surface area contributed by atoms with Crippen molar-refractivity contribution in [3.05, 3.63) is 94.3 Å². The maximum Gasteiger partial charge on any atom is 0.347 e. The Balaban J connectivity index is 1.66. The van der Waals surface area contributed by atoms with Gasteiger partial charge >= 0.3 is 5.63 Å². The fraction of sp³-hybridized carbons (Fsp3) is 0.0455. The summed E-state index contributed by atoms with van der Waals surface area (Å²) in [6.45, 7) is 1.97. The molecule has 0 radical (unpaired) electrons. The minimum Gasteiger partial charge on any atom is -0.403 e. The third-order valence-corrected chi connectivity index (χ3v) is 4.22. The number of para-hydroxylation sites is 1. The van der Waals surface area contributed by atoms with E-state index in [1.54, 1.807) is 54.6 Å². The van der Waals surface area contributed by atoms with Crippen LogP contribution in [0.2, 0.25) is 0 Å². The van der Waals surface area contributed by atoms with Gasteiger partial charge in [0.15, 0.2) is 0 Å². The maximum absolute atomic E-state index is 12.4. The molecule has 0 atom stereocenters. The third-order valence-electron chi connectivity index (χ3n) is 4.22. The van der Waals surface area contributed by atoms with Gasteiger partial charge in [-0.25, -0.2) is 9.78 Å². The molecule has 0 fully saturated rings. The zero-order valence-corrected chi connectivity index (χ0v) is 14.6. The molecule has 1 aromatic heterocycles. The van der Waals surface area contributed by atoms with Crippen molar-refractivity contribution in [3.63, 3.8) is 0 Å². The number of hydrogen-bond donors (Lipinski definition) is 1. The Kier molecular flexibility index (Phi) is 4.26. The van der Waals surface area contributed by atoms with Gasteiger partial charge in [0, 0.05) is 16.8 Å². The molecule has 0 bridgehead atoms. The molecule has 1 amide bonds. The summed E-state index contributed by atoms with van der Waals surface area (Å²) in [4.78, 5) is 29.0. The monoisotopic (exact) mass is 356 g/mol. The van der Waals surface area contributed by atoms with Gasteiger partial charge in [-0.3, -0.25) is 4.79 Å². The number of rotatable bonds is 3. The molecule has 5 nitrogen and oxygen atoms in total. The fourth-order valence-corrected chi connectivity index (χ4v) is 2.78. The van der Waals surface area contributed by atoms with Crippen LogP contribution in [0.15, 0.2) is 82.0 Å². The molecule has 0 aliphatic rings. The summed E-state index contributed by atoms with van der Waals surface area (Å²) in [6, 6.07) is 21.4. The number of benzene rings is 3. The van der Waals surface area contributed by atoms with Crippen molar-refractivity contribution in [2.24, 2.45) is 0 Å². The molecule has 4 rings (SSSR count). The van der Waals surface area contributed by atoms with Crippen LogP contribution in [0.25, 0.3) is 22.4 Å². The van der Waals surface area contributed by atoms with Gasteiger partial charge in [-0.2, -0.15) is 0 Å². The van der Waals surface area contributed by atoms with Crippen molar-refractivity contribution in [2.75, 3.05) is 5.32 Å². The van der Waals surface area contributed by atoms with E-state index in [1.165, 1.54) is 0 Å². The van der Waals surface area contributed by atoms with Crippen LogP contribution in [-0.4, -0.2) is 10.9 Å². The molecule has 4 aromatic rings. The van der Waals surface area contributed by atoms with E-state index in [-0.39, 0.29) is 11.8 Å². The molecule has 0 unspecified atom stereocenters. The standard InChI is InChI=1S/C22H16N2O3/c1-14-9-11-15(12-10-14)20(25)23-17-6-4-5-16(13-17)21-24-19-8-3-2-7-18(19)22(26)27-21/h2-13H,1H3,(H,23,25). The predicted octanol–water partition coefficient (Wildman–Crippen LogP) is 4.42. The first-order valence-electron chi connectivity index (χ1n) is 8.48. The second-order valence-electron chi connectivity index (χ2n) is 6.22. The molecule has 0 aliphatic heterocycles. The number of carbonyl (C=O) groups is 1. The summed E-state index contributed by atoms with van der Waals surface area (Å²) >= 11 is 0. The van der Waals surface area contributed by atoms with E-state index in [9.17, 15) is 9.59 Å². The normalized spacial score (nSPS) is 10.7. The molecule has 5 heteroatoms. The highest BCUT2D eigenvalue weighted by molar-refractivity contribution is 6.04. The van der Waals surface area contributed by atoms with Gasteiger partial charge in [0.2, 0.25) is 5.89 Å². The van der Waals surface area contributed by atoms with Crippen LogP contribution in [0.5, 0.6) is 0 Å². The van der Waals surface area contributed by atoms with Crippen molar-refractivity contribution in [1.29, 1.82) is 0 Å². The SMILES string of the molecule is Cc1ccc(C(=O)Nc2cccc(-c3nc4ccccc4c(=O)o3)c2)cc1. The number of amides is 1. The number of aromatic nitrogens is 1. The lowest BCUT2D eigenvalue weighted by Gasteiger charge is -2.07. The van der Waals surface area contributed by atoms with Gasteiger partial charge in [0.25, 0.3) is 5.91 Å². The van der Waals surface area contributed by atoms with E-state index >= 15 is 0 Å². The molecular weight excluding hydrogens is 340 g/mol. The van der Waals surface area contributed by atoms with Gasteiger partial charge in [-0.1, -0.05) is 35.9 Å². The number of carbonyl (C=O) groups excluding carboxylic acids is 1. The minimum absolute atomic E-state index is 0.208. The van der Waals surface area contributed by atoms with Crippen LogP contribution in [0.3, 0.4) is 0 Å². The summed E-state index contributed by atoms with van der Waals surface area (Å²) in [5, 5.41) is 3.29. The Labute approximate surface area is 155 Å². The van der Waals surface area contributed by atoms with Crippen molar-refractivity contribution in [3.8, 4) is 11.5 Å². The summed E-state index contributed by atoms with van der Waals surface area (Å²) in [5.74, 6) is 0.00482. The number of fused-ring (bicyclic) bond motifs is 1. The predicted molar refractivity (Wildman–Crippen MR) is 105 cm³/mol. The largest absolute Gasteiger partial charge is 0.403 e. The summed E-state index contributed by atoms with van der Waals surface area (Å²) in [7, 11) is 0. The highest BCUT2D eigenvalue weighted by Gasteiger charge is 2.10. The first-order valence-corrected chi connectivity index (χ1v) is 8.48. The van der Waals surface area contributed by atoms with E-state index < -0.39 is 5.63 Å². The zero-order chi connectivity index (χ0) is 18.8. The molecule has 0 spiro atoms. The summed E-state index contributed by atoms with van der Waals surface area (Å²) in [6.07, 6.45) is 0. The second-order valence-corrected chi connectivity index (χ2v) is 6.22. The molecule has 0 saturated carbocycles. The van der Waals surface area contributed by atoms with Gasteiger partial charge in [0.1, 0.15) is 0 Å². The smallest absolute Gasteiger partial charge is 0.347 e. The Morgan fingerprint density at radius 2 is 1.74 bits per heavy atom. The Hall–Kier alpha value is -3.73. The van der Waals surface area contributed by atoms with Crippen LogP contribution in [-0.2, 0) is 0 Å². The summed E-state index contributed by atoms with van der Waals surface area (Å²) < 4.78 is 5.35. The van der Waals surface area contributed by atoms with E-state index in [1.807, 2.05) is 25.1 Å². The lowest BCUT2D eigenvalue weighted by Crippen LogP contribution is -2.11. The van der Waals surface area contributed by atoms with Gasteiger partial charge in [-0.05, 0) is 49.4 Å². The van der Waals surface area contributed by atoms with Crippen LogP contribution in [0, 0.1) is 6.92 Å². The Bertz CT molecular complexity index is 1190. The third kappa shape index (κ3) is 3.48. The number of nitrogens with one attached hydrogen (secondary N) is 1. The molecule has 3 aromatic carbocycles. The van der Waals surface area contributed by atoms with E-state index in [2.05, 4.69) is 10.3 Å². The molecular formula is C22H16N2O3. The number of aryl methyl sites for hydroxylation is 1. The van der Waals surface area contributed by atoms with Crippen molar-refractivity contribution < 1.29 is 9.21 Å². The van der Waals surface area contributed by atoms with Crippen molar-refractivity contribution in [1.82, 2.24) is 4.98 Å². The topological polar surface area (TPSA) is 72.2 Å². The van der Waals surface area contributed by atoms with Crippen LogP contribution in [0.1, 0.15) is 15.9 Å². The molecule has 0 aliphatic carbocycles. The minimum atomic E-state index is -0.440. The lowest BCUT2D eigenvalue weighted by atomic mass is 10.1. The fourth-order valence-electron chi connectivity index (χ4n) is 2.78. The van der Waals surface area contributed by atoms with Crippen LogP contribution < -0.4 is 10.9 Å². The Morgan fingerprint density at radius 1 is 0.963 bits per heavy atom. The second kappa shape index (κ2) is 6.88. The lowest BCUT2D eigenvalue weighted by molar-refractivity contribution is 0.102. The molecule has 132 valence electrons. The van der Waals surface area contributed by atoms with E-state index in [4.69, 9.17) is 4.42 Å². The summed E-state index contributed by atoms with van der Waals surface area (Å²) in [5.41, 5.74) is 2.99. The highest BCUT2D eigenvalue weighted by atomic mass is 16.4. The van der Waals surface area contributed by atoms with Crippen molar-refractivity contribution in [2.45, 2.75) is 6.92 Å². The van der Waals surface area contributed by atoms with Gasteiger partial charge in [0.05, 0.1) is 10.9 Å². The Morgan fingerprint density at radius 3 is 2.56 bits per heavy atom. The van der Waals surface area contributed by atoms with Crippen LogP contribution >= 0.6 is 0 Å². The number of anilines is 1. The zero-order valence-electron chi connectivity index (χ0n) is 14.6. The quantitative estimate of drug-likeness (QED) is 0.590. The van der Waals surface area contributed by atoms with E-state index in [0.29, 0.717) is 27.7 Å². The van der Waals surface area contributed by atoms with Crippen molar-refractivity contribution >= 4 is 22.5 Å². The molecule has 0 saturated heterocycles. The van der Waals surface area contributed by atoms with Crippen LogP contribution in [0.4, 0.5) is 5.69 Å². The molecule has 27 heavy (non-hydrogen) atoms. The first-order chi connectivity index (χ1) is 13.1. The average Bonchev–Trinajstić information content (AvgIpc) is 2.68. The van der Waals surface area contributed by atoms with Gasteiger partial charge < -0.3 is 9.73 Å². The number of nitrogens with zero attached hydrogens (tertiary/aromatic N) is 1.